The van der Waals surface area contributed by atoms with E-state index in [4.69, 9.17) is 9.88 Å². The number of sulfonamides is 1. The molecule has 0 aromatic heterocycles. The standard InChI is InChI=1S/C11H16N2O3S/c1-8-9(6-7-16-8)13-10-4-2-3-5-11(10)17(12,14)15/h2-5,8-9,13H,6-7H2,1H3,(H2,12,14,15). The second kappa shape index (κ2) is 4.64. The van der Waals surface area contributed by atoms with Crippen LogP contribution >= 0.6 is 0 Å². The molecule has 0 aliphatic carbocycles. The van der Waals surface area contributed by atoms with Gasteiger partial charge in [-0.25, -0.2) is 13.6 Å². The summed E-state index contributed by atoms with van der Waals surface area (Å²) in [5.74, 6) is 0. The zero-order chi connectivity index (χ0) is 12.5. The van der Waals surface area contributed by atoms with Crippen molar-refractivity contribution in [2.45, 2.75) is 30.4 Å². The van der Waals surface area contributed by atoms with Gasteiger partial charge in [0, 0.05) is 6.61 Å². The highest BCUT2D eigenvalue weighted by atomic mass is 32.2. The van der Waals surface area contributed by atoms with Crippen molar-refractivity contribution in [2.24, 2.45) is 5.14 Å². The number of para-hydroxylation sites is 1. The number of hydrogen-bond acceptors (Lipinski definition) is 4. The Hall–Kier alpha value is -1.11. The summed E-state index contributed by atoms with van der Waals surface area (Å²) in [6.07, 6.45) is 0.934. The molecule has 1 fully saturated rings. The molecule has 1 aliphatic rings. The Kier molecular flexibility index (Phi) is 3.37. The molecule has 0 saturated carbocycles. The van der Waals surface area contributed by atoms with Crippen LogP contribution in [0.4, 0.5) is 5.69 Å². The first kappa shape index (κ1) is 12.3. The topological polar surface area (TPSA) is 81.4 Å². The Balaban J connectivity index is 2.27. The van der Waals surface area contributed by atoms with Crippen molar-refractivity contribution in [3.63, 3.8) is 0 Å². The number of rotatable bonds is 3. The van der Waals surface area contributed by atoms with E-state index in [9.17, 15) is 8.42 Å². The van der Waals surface area contributed by atoms with Crippen molar-refractivity contribution in [3.8, 4) is 0 Å². The van der Waals surface area contributed by atoms with E-state index in [0.717, 1.165) is 6.42 Å². The van der Waals surface area contributed by atoms with Crippen molar-refractivity contribution < 1.29 is 13.2 Å². The third kappa shape index (κ3) is 2.77. The molecule has 94 valence electrons. The largest absolute Gasteiger partial charge is 0.379 e. The fourth-order valence-electron chi connectivity index (χ4n) is 1.96. The molecule has 6 heteroatoms. The Morgan fingerprint density at radius 3 is 2.71 bits per heavy atom. The lowest BCUT2D eigenvalue weighted by atomic mass is 10.1. The van der Waals surface area contributed by atoms with Crippen molar-refractivity contribution >= 4 is 15.7 Å². The van der Waals surface area contributed by atoms with Crippen LogP contribution in [0.5, 0.6) is 0 Å². The summed E-state index contributed by atoms with van der Waals surface area (Å²) >= 11 is 0. The molecule has 3 N–H and O–H groups in total. The van der Waals surface area contributed by atoms with Crippen LogP contribution in [0.2, 0.25) is 0 Å². The van der Waals surface area contributed by atoms with Gasteiger partial charge in [-0.2, -0.15) is 0 Å². The predicted octanol–water partition coefficient (Wildman–Crippen LogP) is 0.923. The minimum atomic E-state index is -3.70. The first-order chi connectivity index (χ1) is 7.98. The molecule has 1 saturated heterocycles. The molecule has 2 atom stereocenters. The van der Waals surface area contributed by atoms with Crippen LogP contribution in [0, 0.1) is 0 Å². The molecule has 0 radical (unpaired) electrons. The van der Waals surface area contributed by atoms with Crippen molar-refractivity contribution in [1.29, 1.82) is 0 Å². The molecule has 1 aliphatic heterocycles. The third-order valence-corrected chi connectivity index (χ3v) is 3.88. The fraction of sp³-hybridized carbons (Fsp3) is 0.455. The Bertz CT molecular complexity index is 501. The Morgan fingerprint density at radius 2 is 2.12 bits per heavy atom. The Labute approximate surface area is 101 Å². The molecule has 2 unspecified atom stereocenters. The summed E-state index contributed by atoms with van der Waals surface area (Å²) in [4.78, 5) is 0.124. The van der Waals surface area contributed by atoms with Crippen molar-refractivity contribution in [3.05, 3.63) is 24.3 Å². The average Bonchev–Trinajstić information content (AvgIpc) is 2.64. The molecule has 5 nitrogen and oxygen atoms in total. The van der Waals surface area contributed by atoms with E-state index in [1.807, 2.05) is 6.92 Å². The summed E-state index contributed by atoms with van der Waals surface area (Å²) in [6, 6.07) is 6.76. The maximum absolute atomic E-state index is 11.4. The van der Waals surface area contributed by atoms with Gasteiger partial charge in [-0.1, -0.05) is 12.1 Å². The number of nitrogens with one attached hydrogen (secondary N) is 1. The van der Waals surface area contributed by atoms with Gasteiger partial charge < -0.3 is 10.1 Å². The molecule has 17 heavy (non-hydrogen) atoms. The van der Waals surface area contributed by atoms with E-state index in [1.54, 1.807) is 18.2 Å². The maximum atomic E-state index is 11.4. The van der Waals surface area contributed by atoms with Crippen molar-refractivity contribution in [1.82, 2.24) is 0 Å². The first-order valence-corrected chi connectivity index (χ1v) is 7.03. The third-order valence-electron chi connectivity index (χ3n) is 2.91. The summed E-state index contributed by atoms with van der Waals surface area (Å²) in [7, 11) is -3.70. The minimum absolute atomic E-state index is 0.0727. The fourth-order valence-corrected chi connectivity index (χ4v) is 2.66. The number of anilines is 1. The Morgan fingerprint density at radius 1 is 1.41 bits per heavy atom. The van der Waals surface area contributed by atoms with Crippen LogP contribution in [-0.2, 0) is 14.8 Å². The lowest BCUT2D eigenvalue weighted by molar-refractivity contribution is 0.121. The smallest absolute Gasteiger partial charge is 0.240 e. The van der Waals surface area contributed by atoms with E-state index >= 15 is 0 Å². The van der Waals surface area contributed by atoms with Gasteiger partial charge in [0.2, 0.25) is 10.0 Å². The lowest BCUT2D eigenvalue weighted by Crippen LogP contribution is -2.28. The average molecular weight is 256 g/mol. The van der Waals surface area contributed by atoms with Crippen molar-refractivity contribution in [2.75, 3.05) is 11.9 Å². The van der Waals surface area contributed by atoms with Crippen LogP contribution in [0.3, 0.4) is 0 Å². The first-order valence-electron chi connectivity index (χ1n) is 5.48. The molecule has 1 aromatic carbocycles. The van der Waals surface area contributed by atoms with Crippen LogP contribution < -0.4 is 10.5 Å². The van der Waals surface area contributed by atoms with Gasteiger partial charge in [0.1, 0.15) is 4.90 Å². The van der Waals surface area contributed by atoms with Crippen LogP contribution in [0.25, 0.3) is 0 Å². The number of primary sulfonamides is 1. The molecule has 0 spiro atoms. The zero-order valence-electron chi connectivity index (χ0n) is 9.59. The number of ether oxygens (including phenoxy) is 1. The van der Waals surface area contributed by atoms with Crippen LogP contribution in [-0.4, -0.2) is 27.2 Å². The highest BCUT2D eigenvalue weighted by Crippen LogP contribution is 2.24. The minimum Gasteiger partial charge on any atom is -0.379 e. The van der Waals surface area contributed by atoms with Gasteiger partial charge in [-0.3, -0.25) is 0 Å². The SMILES string of the molecule is CC1OCCC1Nc1ccccc1S(N)(=O)=O. The van der Waals surface area contributed by atoms with Gasteiger partial charge in [0.25, 0.3) is 0 Å². The van der Waals surface area contributed by atoms with Crippen LogP contribution in [0.15, 0.2) is 29.2 Å². The molecule has 1 heterocycles. The van der Waals surface area contributed by atoms with Gasteiger partial charge in [0.05, 0.1) is 17.8 Å². The summed E-state index contributed by atoms with van der Waals surface area (Å²) in [5.41, 5.74) is 0.539. The number of hydrogen-bond donors (Lipinski definition) is 2. The monoisotopic (exact) mass is 256 g/mol. The van der Waals surface area contributed by atoms with E-state index in [1.165, 1.54) is 6.07 Å². The van der Waals surface area contributed by atoms with E-state index in [-0.39, 0.29) is 17.0 Å². The highest BCUT2D eigenvalue weighted by molar-refractivity contribution is 7.89. The van der Waals surface area contributed by atoms with E-state index in [2.05, 4.69) is 5.32 Å². The van der Waals surface area contributed by atoms with Crippen LogP contribution in [0.1, 0.15) is 13.3 Å². The van der Waals surface area contributed by atoms with Gasteiger partial charge >= 0.3 is 0 Å². The van der Waals surface area contributed by atoms with E-state index < -0.39 is 10.0 Å². The highest BCUT2D eigenvalue weighted by Gasteiger charge is 2.25. The molecule has 1 aromatic rings. The molecule has 2 rings (SSSR count). The second-order valence-electron chi connectivity index (χ2n) is 4.16. The lowest BCUT2D eigenvalue weighted by Gasteiger charge is -2.19. The normalized spacial score (nSPS) is 24.8. The number of nitrogens with two attached hydrogens (primary N) is 1. The second-order valence-corrected chi connectivity index (χ2v) is 5.69. The summed E-state index contributed by atoms with van der Waals surface area (Å²) in [5, 5.41) is 8.35. The van der Waals surface area contributed by atoms with Gasteiger partial charge in [-0.15, -0.1) is 0 Å². The quantitative estimate of drug-likeness (QED) is 0.842. The number of benzene rings is 1. The summed E-state index contributed by atoms with van der Waals surface area (Å²) < 4.78 is 28.3. The molecule has 0 amide bonds. The predicted molar refractivity (Wildman–Crippen MR) is 65.3 cm³/mol. The van der Waals surface area contributed by atoms with E-state index in [0.29, 0.717) is 12.3 Å². The summed E-state index contributed by atoms with van der Waals surface area (Å²) in [6.45, 7) is 2.65. The van der Waals surface area contributed by atoms with Gasteiger partial charge in [-0.05, 0) is 25.5 Å². The molecular weight excluding hydrogens is 240 g/mol. The molecular formula is C11H16N2O3S. The maximum Gasteiger partial charge on any atom is 0.240 e. The van der Waals surface area contributed by atoms with Gasteiger partial charge in [0.15, 0.2) is 0 Å². The molecule has 0 bridgehead atoms. The zero-order valence-corrected chi connectivity index (χ0v) is 10.4.